The number of nitrogens with zero attached hydrogens (tertiary/aromatic N) is 1. The van der Waals surface area contributed by atoms with E-state index in [4.69, 9.17) is 0 Å². The molecule has 0 aliphatic rings. The molecule has 0 saturated heterocycles. The van der Waals surface area contributed by atoms with Crippen molar-refractivity contribution in [3.8, 4) is 0 Å². The summed E-state index contributed by atoms with van der Waals surface area (Å²) in [6, 6.07) is 12.4. The topological polar surface area (TPSA) is 71.1 Å². The molecule has 5 nitrogen and oxygen atoms in total. The summed E-state index contributed by atoms with van der Waals surface area (Å²) in [6.07, 6.45) is -2.92. The van der Waals surface area contributed by atoms with Gasteiger partial charge in [0.05, 0.1) is 16.8 Å². The minimum absolute atomic E-state index is 0.0780. The average Bonchev–Trinajstić information content (AvgIpc) is 2.61. The first-order valence-corrected chi connectivity index (χ1v) is 7.48. The molecule has 2 amide bonds. The van der Waals surface area contributed by atoms with E-state index in [0.717, 1.165) is 29.7 Å². The Morgan fingerprint density at radius 2 is 1.50 bits per heavy atom. The molecule has 0 unspecified atom stereocenters. The Hall–Kier alpha value is -3.42. The number of nitrogens with one attached hydrogen (secondary N) is 2. The van der Waals surface area contributed by atoms with Gasteiger partial charge in [-0.15, -0.1) is 0 Å². The van der Waals surface area contributed by atoms with Gasteiger partial charge in [-0.05, 0) is 36.4 Å². The first-order valence-electron chi connectivity index (χ1n) is 7.48. The molecule has 3 aromatic rings. The molecule has 0 saturated carbocycles. The summed E-state index contributed by atoms with van der Waals surface area (Å²) < 4.78 is 37.6. The minimum atomic E-state index is -4.47. The van der Waals surface area contributed by atoms with Gasteiger partial charge >= 0.3 is 18.0 Å². The second-order valence-electron chi connectivity index (χ2n) is 5.36. The van der Waals surface area contributed by atoms with Crippen molar-refractivity contribution in [2.24, 2.45) is 0 Å². The van der Waals surface area contributed by atoms with Crippen molar-refractivity contribution >= 4 is 34.1 Å². The molecule has 2 aromatic carbocycles. The van der Waals surface area contributed by atoms with Crippen LogP contribution < -0.4 is 10.6 Å². The van der Waals surface area contributed by atoms with Crippen LogP contribution in [0.4, 0.5) is 24.5 Å². The average molecular weight is 359 g/mol. The monoisotopic (exact) mass is 359 g/mol. The van der Waals surface area contributed by atoms with E-state index in [1.165, 1.54) is 0 Å². The van der Waals surface area contributed by atoms with Gasteiger partial charge in [-0.2, -0.15) is 13.2 Å². The molecule has 0 bridgehead atoms. The predicted octanol–water partition coefficient (Wildman–Crippen LogP) is 3.83. The Morgan fingerprint density at radius 1 is 0.846 bits per heavy atom. The Balaban J connectivity index is 1.71. The highest BCUT2D eigenvalue weighted by atomic mass is 19.4. The van der Waals surface area contributed by atoms with Gasteiger partial charge in [-0.3, -0.25) is 14.6 Å². The van der Waals surface area contributed by atoms with Gasteiger partial charge < -0.3 is 10.6 Å². The number of aromatic nitrogens is 1. The van der Waals surface area contributed by atoms with Crippen LogP contribution in [0.1, 0.15) is 5.56 Å². The number of hydrogen-bond acceptors (Lipinski definition) is 3. The second kappa shape index (κ2) is 6.83. The zero-order chi connectivity index (χ0) is 18.7. The molecule has 3 rings (SSSR count). The van der Waals surface area contributed by atoms with Crippen molar-refractivity contribution in [3.05, 3.63) is 66.4 Å². The van der Waals surface area contributed by atoms with Crippen LogP contribution in [0, 0.1) is 0 Å². The molecular weight excluding hydrogens is 347 g/mol. The summed E-state index contributed by atoms with van der Waals surface area (Å²) in [5.41, 5.74) is 0.109. The first kappa shape index (κ1) is 17.4. The number of anilines is 2. The molecule has 0 atom stereocenters. The maximum atomic E-state index is 12.5. The lowest BCUT2D eigenvalue weighted by atomic mass is 10.2. The van der Waals surface area contributed by atoms with E-state index < -0.39 is 23.6 Å². The van der Waals surface area contributed by atoms with Crippen LogP contribution in [0.5, 0.6) is 0 Å². The van der Waals surface area contributed by atoms with E-state index in [0.29, 0.717) is 11.2 Å². The zero-order valence-corrected chi connectivity index (χ0v) is 13.2. The number of hydrogen-bond donors (Lipinski definition) is 2. The van der Waals surface area contributed by atoms with Crippen LogP contribution in [0.2, 0.25) is 0 Å². The number of benzene rings is 2. The largest absolute Gasteiger partial charge is 0.416 e. The van der Waals surface area contributed by atoms with Crippen LogP contribution in [0.25, 0.3) is 10.9 Å². The number of carbonyl (C=O) groups excluding carboxylic acids is 2. The normalized spacial score (nSPS) is 11.2. The number of pyridine rings is 1. The number of fused-ring (bicyclic) bond motifs is 1. The Bertz CT molecular complexity index is 964. The van der Waals surface area contributed by atoms with Gasteiger partial charge in [-0.25, -0.2) is 0 Å². The van der Waals surface area contributed by atoms with Gasteiger partial charge in [0.15, 0.2) is 0 Å². The van der Waals surface area contributed by atoms with Crippen molar-refractivity contribution < 1.29 is 22.8 Å². The van der Waals surface area contributed by atoms with Crippen molar-refractivity contribution in [1.82, 2.24) is 4.98 Å². The fourth-order valence-electron chi connectivity index (χ4n) is 2.31. The van der Waals surface area contributed by atoms with E-state index in [2.05, 4.69) is 15.6 Å². The number of rotatable bonds is 2. The van der Waals surface area contributed by atoms with Crippen LogP contribution in [0.3, 0.4) is 0 Å². The number of para-hydroxylation sites is 1. The lowest BCUT2D eigenvalue weighted by molar-refractivity contribution is -0.137. The third kappa shape index (κ3) is 3.80. The van der Waals surface area contributed by atoms with Crippen LogP contribution in [-0.4, -0.2) is 16.8 Å². The summed E-state index contributed by atoms with van der Waals surface area (Å²) in [7, 11) is 0. The van der Waals surface area contributed by atoms with E-state index >= 15 is 0 Å². The fourth-order valence-corrected chi connectivity index (χ4v) is 2.31. The predicted molar refractivity (Wildman–Crippen MR) is 90.4 cm³/mol. The van der Waals surface area contributed by atoms with E-state index in [1.54, 1.807) is 36.5 Å². The van der Waals surface area contributed by atoms with E-state index in [9.17, 15) is 22.8 Å². The molecule has 26 heavy (non-hydrogen) atoms. The third-order valence-electron chi connectivity index (χ3n) is 3.56. The SMILES string of the molecule is O=C(Nc1ccc(C(F)(F)F)cc1)C(=O)Nc1cccc2cccnc12. The molecule has 132 valence electrons. The molecule has 2 N–H and O–H groups in total. The molecule has 8 heteroatoms. The lowest BCUT2D eigenvalue weighted by Gasteiger charge is -2.10. The van der Waals surface area contributed by atoms with Gasteiger partial charge in [0.2, 0.25) is 0 Å². The molecule has 0 fully saturated rings. The van der Waals surface area contributed by atoms with Crippen molar-refractivity contribution in [3.63, 3.8) is 0 Å². The van der Waals surface area contributed by atoms with Gasteiger partial charge in [0, 0.05) is 17.3 Å². The number of alkyl halides is 3. The van der Waals surface area contributed by atoms with Gasteiger partial charge in [-0.1, -0.05) is 18.2 Å². The van der Waals surface area contributed by atoms with Crippen molar-refractivity contribution in [2.75, 3.05) is 10.6 Å². The summed E-state index contributed by atoms with van der Waals surface area (Å²) in [5, 5.41) is 5.48. The summed E-state index contributed by atoms with van der Waals surface area (Å²) in [6.45, 7) is 0. The molecule has 0 aliphatic carbocycles. The smallest absolute Gasteiger partial charge is 0.318 e. The van der Waals surface area contributed by atoms with Crippen molar-refractivity contribution in [1.29, 1.82) is 0 Å². The molecule has 1 aromatic heterocycles. The highest BCUT2D eigenvalue weighted by molar-refractivity contribution is 6.44. The van der Waals surface area contributed by atoms with Crippen LogP contribution in [-0.2, 0) is 15.8 Å². The number of halogens is 3. The summed E-state index contributed by atoms with van der Waals surface area (Å²) in [5.74, 6) is -1.96. The zero-order valence-electron chi connectivity index (χ0n) is 13.2. The minimum Gasteiger partial charge on any atom is -0.318 e. The summed E-state index contributed by atoms with van der Waals surface area (Å²) in [4.78, 5) is 28.2. The second-order valence-corrected chi connectivity index (χ2v) is 5.36. The Labute approximate surface area is 145 Å². The fraction of sp³-hybridized carbons (Fsp3) is 0.0556. The standard InChI is InChI=1S/C18H12F3N3O2/c19-18(20,21)12-6-8-13(9-7-12)23-16(25)17(26)24-14-5-1-3-11-4-2-10-22-15(11)14/h1-10H,(H,23,25)(H,24,26). The number of carbonyl (C=O) groups is 2. The first-order chi connectivity index (χ1) is 12.3. The Morgan fingerprint density at radius 3 is 2.19 bits per heavy atom. The van der Waals surface area contributed by atoms with Crippen LogP contribution in [0.15, 0.2) is 60.8 Å². The van der Waals surface area contributed by atoms with Gasteiger partial charge in [0.1, 0.15) is 0 Å². The molecular formula is C18H12F3N3O2. The quantitative estimate of drug-likeness (QED) is 0.683. The molecule has 0 radical (unpaired) electrons. The molecule has 0 aliphatic heterocycles. The molecule has 0 spiro atoms. The maximum Gasteiger partial charge on any atom is 0.416 e. The van der Waals surface area contributed by atoms with E-state index in [-0.39, 0.29) is 5.69 Å². The summed E-state index contributed by atoms with van der Waals surface area (Å²) >= 11 is 0. The third-order valence-corrected chi connectivity index (χ3v) is 3.56. The van der Waals surface area contributed by atoms with Gasteiger partial charge in [0.25, 0.3) is 0 Å². The highest BCUT2D eigenvalue weighted by Gasteiger charge is 2.30. The highest BCUT2D eigenvalue weighted by Crippen LogP contribution is 2.29. The van der Waals surface area contributed by atoms with E-state index in [1.807, 2.05) is 0 Å². The Kier molecular flexibility index (Phi) is 4.57. The van der Waals surface area contributed by atoms with Crippen molar-refractivity contribution in [2.45, 2.75) is 6.18 Å². The lowest BCUT2D eigenvalue weighted by Crippen LogP contribution is -2.29. The maximum absolute atomic E-state index is 12.5. The molecule has 1 heterocycles. The van der Waals surface area contributed by atoms with Crippen LogP contribution >= 0.6 is 0 Å². The number of amides is 2.